The van der Waals surface area contributed by atoms with Crippen molar-refractivity contribution in [1.82, 2.24) is 4.90 Å². The van der Waals surface area contributed by atoms with Gasteiger partial charge in [-0.1, -0.05) is 27.7 Å². The highest BCUT2D eigenvalue weighted by molar-refractivity contribution is 5.73. The average molecular weight is 171 g/mol. The van der Waals surface area contributed by atoms with Gasteiger partial charge in [0.25, 0.3) is 0 Å². The van der Waals surface area contributed by atoms with E-state index >= 15 is 0 Å². The quantitative estimate of drug-likeness (QED) is 0.638. The summed E-state index contributed by atoms with van der Waals surface area (Å²) in [4.78, 5) is 13.1. The molecule has 0 atom stereocenters. The summed E-state index contributed by atoms with van der Waals surface area (Å²) in [6.45, 7) is 11.9. The number of carbonyl (C=O) groups is 1. The molecule has 2 nitrogen and oxygen atoms in total. The Kier molecular flexibility index (Phi) is 4.29. The van der Waals surface area contributed by atoms with Crippen LogP contribution in [0.15, 0.2) is 0 Å². The van der Waals surface area contributed by atoms with Crippen molar-refractivity contribution < 1.29 is 4.79 Å². The van der Waals surface area contributed by atoms with E-state index in [1.165, 1.54) is 0 Å². The molecule has 0 saturated carbocycles. The number of nitrogens with zero attached hydrogens (tertiary/aromatic N) is 1. The first-order valence-corrected chi connectivity index (χ1v) is 4.62. The molecule has 0 aliphatic rings. The second-order valence-corrected chi connectivity index (χ2v) is 4.50. The molecular weight excluding hydrogens is 150 g/mol. The predicted octanol–water partition coefficient (Wildman–Crippen LogP) is 2.29. The summed E-state index contributed by atoms with van der Waals surface area (Å²) in [6.07, 6.45) is 1.04. The number of hydrogen-bond acceptors (Lipinski definition) is 1. The Morgan fingerprint density at radius 2 is 1.83 bits per heavy atom. The molecule has 0 aliphatic heterocycles. The van der Waals surface area contributed by atoms with Crippen LogP contribution in [-0.4, -0.2) is 23.9 Å². The second-order valence-electron chi connectivity index (χ2n) is 4.50. The van der Waals surface area contributed by atoms with Crippen LogP contribution in [0.4, 0.5) is 0 Å². The molecule has 0 heterocycles. The minimum atomic E-state index is 0.187. The monoisotopic (exact) mass is 171 g/mol. The first-order chi connectivity index (χ1) is 5.37. The van der Waals surface area contributed by atoms with E-state index in [2.05, 4.69) is 27.7 Å². The predicted molar refractivity (Wildman–Crippen MR) is 52.0 cm³/mol. The minimum absolute atomic E-state index is 0.187. The van der Waals surface area contributed by atoms with Gasteiger partial charge in [0.15, 0.2) is 0 Å². The fourth-order valence-electron chi connectivity index (χ4n) is 1.19. The molecule has 0 saturated heterocycles. The van der Waals surface area contributed by atoms with Crippen LogP contribution < -0.4 is 0 Å². The highest BCUT2D eigenvalue weighted by Gasteiger charge is 2.17. The van der Waals surface area contributed by atoms with Gasteiger partial charge in [-0.25, -0.2) is 0 Å². The Hall–Kier alpha value is -0.530. The van der Waals surface area contributed by atoms with Gasteiger partial charge in [0.2, 0.25) is 5.91 Å². The molecule has 0 aromatic heterocycles. The van der Waals surface area contributed by atoms with Crippen molar-refractivity contribution in [2.45, 2.75) is 41.0 Å². The number of amides is 1. The van der Waals surface area contributed by atoms with Crippen LogP contribution in [0.5, 0.6) is 0 Å². The van der Waals surface area contributed by atoms with Gasteiger partial charge >= 0.3 is 0 Å². The summed E-state index contributed by atoms with van der Waals surface area (Å²) in [7, 11) is 0. The maximum absolute atomic E-state index is 11.1. The lowest BCUT2D eigenvalue weighted by Gasteiger charge is -2.28. The molecule has 12 heavy (non-hydrogen) atoms. The summed E-state index contributed by atoms with van der Waals surface area (Å²) in [5, 5.41) is 0. The Bertz CT molecular complexity index is 146. The number of hydrogen-bond donors (Lipinski definition) is 0. The Balaban J connectivity index is 4.05. The molecule has 0 aromatic carbocycles. The SMILES string of the molecule is CCCN(CC(C)(C)C)C(C)=O. The lowest BCUT2D eigenvalue weighted by atomic mass is 9.96. The van der Waals surface area contributed by atoms with E-state index < -0.39 is 0 Å². The first kappa shape index (κ1) is 11.5. The third kappa shape index (κ3) is 5.16. The number of rotatable bonds is 3. The van der Waals surface area contributed by atoms with Crippen molar-refractivity contribution in [2.75, 3.05) is 13.1 Å². The van der Waals surface area contributed by atoms with Gasteiger partial charge in [-0.15, -0.1) is 0 Å². The minimum Gasteiger partial charge on any atom is -0.342 e. The molecule has 0 rings (SSSR count). The van der Waals surface area contributed by atoms with Gasteiger partial charge in [0.1, 0.15) is 0 Å². The van der Waals surface area contributed by atoms with Crippen LogP contribution in [0.2, 0.25) is 0 Å². The largest absolute Gasteiger partial charge is 0.342 e. The summed E-state index contributed by atoms with van der Waals surface area (Å²) in [6, 6.07) is 0. The smallest absolute Gasteiger partial charge is 0.219 e. The molecule has 0 aliphatic carbocycles. The molecule has 0 spiro atoms. The molecule has 0 fully saturated rings. The lowest BCUT2D eigenvalue weighted by molar-refractivity contribution is -0.130. The third-order valence-electron chi connectivity index (χ3n) is 1.60. The van der Waals surface area contributed by atoms with Crippen molar-refractivity contribution in [2.24, 2.45) is 5.41 Å². The molecule has 72 valence electrons. The van der Waals surface area contributed by atoms with Crippen LogP contribution in [0, 0.1) is 5.41 Å². The zero-order valence-corrected chi connectivity index (χ0v) is 8.98. The van der Waals surface area contributed by atoms with E-state index in [4.69, 9.17) is 0 Å². The molecule has 0 N–H and O–H groups in total. The van der Waals surface area contributed by atoms with E-state index in [1.807, 2.05) is 4.90 Å². The van der Waals surface area contributed by atoms with Crippen LogP contribution in [0.3, 0.4) is 0 Å². The van der Waals surface area contributed by atoms with E-state index in [0.29, 0.717) is 0 Å². The third-order valence-corrected chi connectivity index (χ3v) is 1.60. The zero-order valence-electron chi connectivity index (χ0n) is 8.98. The highest BCUT2D eigenvalue weighted by Crippen LogP contribution is 2.15. The van der Waals surface area contributed by atoms with Gasteiger partial charge < -0.3 is 4.90 Å². The van der Waals surface area contributed by atoms with Crippen molar-refractivity contribution in [1.29, 1.82) is 0 Å². The molecule has 1 amide bonds. The number of carbonyl (C=O) groups excluding carboxylic acids is 1. The van der Waals surface area contributed by atoms with Crippen molar-refractivity contribution in [3.63, 3.8) is 0 Å². The summed E-state index contributed by atoms with van der Waals surface area (Å²) < 4.78 is 0. The maximum Gasteiger partial charge on any atom is 0.219 e. The standard InChI is InChI=1S/C10H21NO/c1-6-7-11(9(2)12)8-10(3,4)5/h6-8H2,1-5H3. The zero-order chi connectivity index (χ0) is 9.78. The molecule has 0 aromatic rings. The van der Waals surface area contributed by atoms with E-state index in [9.17, 15) is 4.79 Å². The van der Waals surface area contributed by atoms with E-state index in [0.717, 1.165) is 19.5 Å². The molecular formula is C10H21NO. The van der Waals surface area contributed by atoms with Gasteiger partial charge in [0.05, 0.1) is 0 Å². The van der Waals surface area contributed by atoms with Gasteiger partial charge in [0, 0.05) is 20.0 Å². The van der Waals surface area contributed by atoms with Crippen molar-refractivity contribution >= 4 is 5.91 Å². The van der Waals surface area contributed by atoms with Crippen LogP contribution >= 0.6 is 0 Å². The van der Waals surface area contributed by atoms with Crippen molar-refractivity contribution in [3.8, 4) is 0 Å². The fourth-order valence-corrected chi connectivity index (χ4v) is 1.19. The van der Waals surface area contributed by atoms with Gasteiger partial charge in [-0.2, -0.15) is 0 Å². The van der Waals surface area contributed by atoms with Gasteiger partial charge in [-0.05, 0) is 11.8 Å². The van der Waals surface area contributed by atoms with Crippen molar-refractivity contribution in [3.05, 3.63) is 0 Å². The highest BCUT2D eigenvalue weighted by atomic mass is 16.2. The van der Waals surface area contributed by atoms with Crippen LogP contribution in [0.25, 0.3) is 0 Å². The normalized spacial score (nSPS) is 11.4. The Morgan fingerprint density at radius 1 is 1.33 bits per heavy atom. The summed E-state index contributed by atoms with van der Waals surface area (Å²) in [5.41, 5.74) is 0.209. The molecule has 2 heteroatoms. The summed E-state index contributed by atoms with van der Waals surface area (Å²) in [5.74, 6) is 0.187. The van der Waals surface area contributed by atoms with Crippen LogP contribution in [-0.2, 0) is 4.79 Å². The van der Waals surface area contributed by atoms with Gasteiger partial charge in [-0.3, -0.25) is 4.79 Å². The Labute approximate surface area is 75.9 Å². The second kappa shape index (κ2) is 4.48. The molecule has 0 bridgehead atoms. The topological polar surface area (TPSA) is 20.3 Å². The molecule has 0 unspecified atom stereocenters. The first-order valence-electron chi connectivity index (χ1n) is 4.62. The maximum atomic E-state index is 11.1. The van der Waals surface area contributed by atoms with E-state index in [1.54, 1.807) is 6.92 Å². The average Bonchev–Trinajstić information content (AvgIpc) is 1.83. The molecule has 0 radical (unpaired) electrons. The van der Waals surface area contributed by atoms with E-state index in [-0.39, 0.29) is 11.3 Å². The lowest BCUT2D eigenvalue weighted by Crippen LogP contribution is -2.36. The summed E-state index contributed by atoms with van der Waals surface area (Å²) >= 11 is 0. The fraction of sp³-hybridized carbons (Fsp3) is 0.900. The van der Waals surface area contributed by atoms with Crippen LogP contribution in [0.1, 0.15) is 41.0 Å². The Morgan fingerprint density at radius 3 is 2.08 bits per heavy atom.